The van der Waals surface area contributed by atoms with Gasteiger partial charge in [-0.1, -0.05) is 101 Å². The third-order valence-corrected chi connectivity index (χ3v) is 14.5. The molecule has 1 saturated heterocycles. The van der Waals surface area contributed by atoms with Crippen LogP contribution in [0.4, 0.5) is 26.3 Å². The maximum atomic E-state index is 15.0. The van der Waals surface area contributed by atoms with Gasteiger partial charge in [0.25, 0.3) is 0 Å². The molecule has 0 bridgehead atoms. The fraction of sp³-hybridized carbons (Fsp3) is 0.597. The summed E-state index contributed by atoms with van der Waals surface area (Å²) in [6.07, 6.45) is -2.94. The number of nitrogens with two attached hydrogens (primary N) is 2. The van der Waals surface area contributed by atoms with E-state index >= 15 is 4.79 Å². The zero-order valence-corrected chi connectivity index (χ0v) is 51.7. The van der Waals surface area contributed by atoms with Crippen molar-refractivity contribution < 1.29 is 84.4 Å². The summed E-state index contributed by atoms with van der Waals surface area (Å²) in [5, 5.41) is 26.5. The van der Waals surface area contributed by atoms with E-state index in [0.29, 0.717) is 90.6 Å². The molecule has 21 nitrogen and oxygen atoms in total. The van der Waals surface area contributed by atoms with Gasteiger partial charge in [-0.25, -0.2) is 9.59 Å². The van der Waals surface area contributed by atoms with Crippen molar-refractivity contribution in [3.8, 4) is 0 Å². The number of rotatable bonds is 29. The van der Waals surface area contributed by atoms with E-state index < -0.39 is 78.1 Å². The molecule has 5 rings (SSSR count). The van der Waals surface area contributed by atoms with E-state index in [1.165, 1.54) is 0 Å². The number of aromatic nitrogens is 1. The molecule has 3 aromatic rings. The van der Waals surface area contributed by atoms with Crippen molar-refractivity contribution >= 4 is 47.5 Å². The molecule has 7 atom stereocenters. The van der Waals surface area contributed by atoms with Gasteiger partial charge in [-0.2, -0.15) is 26.3 Å². The summed E-state index contributed by atoms with van der Waals surface area (Å²) in [5.41, 5.74) is 15.3. The van der Waals surface area contributed by atoms with E-state index in [1.807, 2.05) is 121 Å². The van der Waals surface area contributed by atoms with Gasteiger partial charge in [0.2, 0.25) is 23.6 Å². The number of carboxylic acid groups (broad SMARTS) is 2. The van der Waals surface area contributed by atoms with Gasteiger partial charge in [-0.15, -0.1) is 0 Å². The van der Waals surface area contributed by atoms with Crippen LogP contribution in [0.5, 0.6) is 0 Å². The minimum atomic E-state index is -5.08. The molecule has 0 radical (unpaired) electrons. The van der Waals surface area contributed by atoms with Gasteiger partial charge >= 0.3 is 36.2 Å². The van der Waals surface area contributed by atoms with Crippen LogP contribution in [-0.2, 0) is 67.2 Å². The fourth-order valence-electron chi connectivity index (χ4n) is 9.60. The zero-order valence-electron chi connectivity index (χ0n) is 51.7. The van der Waals surface area contributed by atoms with E-state index in [9.17, 15) is 50.3 Å². The van der Waals surface area contributed by atoms with Gasteiger partial charge in [0, 0.05) is 88.9 Å². The SMILES string of the molecule is CC(C)[C@H](N)C(=O)NCCCCCC(=O)O[C@@H](C[C@H](Cc1ccccc1)C(=O)N[C@H]1c2ccccc2C[C@H]1OC(=O)CCCCCNC(=O)[C@@H](N)C(C)C)CN1CCN(Cc2cccnc2)C[C@H]1C(=O)NC(C)(C)C.O=C(O)C(F)(F)F.O=C(O)C(F)(F)F. The highest BCUT2D eigenvalue weighted by atomic mass is 19.4. The Kier molecular flexibility index (Phi) is 31.7. The summed E-state index contributed by atoms with van der Waals surface area (Å²) in [6, 6.07) is 19.1. The summed E-state index contributed by atoms with van der Waals surface area (Å²) >= 11 is 0. The monoisotopic (exact) mass is 1270 g/mol. The molecule has 1 fully saturated rings. The molecular formula is C62H89F6N9O12. The lowest BCUT2D eigenvalue weighted by molar-refractivity contribution is -0.193. The van der Waals surface area contributed by atoms with Crippen molar-refractivity contribution in [3.05, 3.63) is 101 Å². The normalized spacial score (nSPS) is 17.4. The first-order valence-electron chi connectivity index (χ1n) is 29.8. The van der Waals surface area contributed by atoms with Crippen LogP contribution in [0.1, 0.15) is 135 Å². The molecule has 0 unspecified atom stereocenters. The van der Waals surface area contributed by atoms with E-state index in [1.54, 1.807) is 6.20 Å². The first-order chi connectivity index (χ1) is 41.7. The number of esters is 2. The molecular weight excluding hydrogens is 1180 g/mol. The molecule has 1 aliphatic carbocycles. The predicted octanol–water partition coefficient (Wildman–Crippen LogP) is 6.56. The molecule has 0 saturated carbocycles. The van der Waals surface area contributed by atoms with E-state index in [4.69, 9.17) is 40.7 Å². The van der Waals surface area contributed by atoms with Gasteiger partial charge in [-0.05, 0) is 99.5 Å². The van der Waals surface area contributed by atoms with Crippen LogP contribution in [0.15, 0.2) is 79.1 Å². The largest absolute Gasteiger partial charge is 0.490 e. The van der Waals surface area contributed by atoms with Gasteiger partial charge in [0.05, 0.1) is 18.1 Å². The molecule has 496 valence electrons. The van der Waals surface area contributed by atoms with Crippen molar-refractivity contribution in [2.24, 2.45) is 29.2 Å². The first-order valence-corrected chi connectivity index (χ1v) is 29.8. The Bertz CT molecular complexity index is 2700. The van der Waals surface area contributed by atoms with E-state index in [0.717, 1.165) is 22.3 Å². The molecule has 27 heteroatoms. The zero-order chi connectivity index (χ0) is 66.6. The Morgan fingerprint density at radius 2 is 1.21 bits per heavy atom. The van der Waals surface area contributed by atoms with Gasteiger partial charge in [0.1, 0.15) is 18.2 Å². The summed E-state index contributed by atoms with van der Waals surface area (Å²) in [7, 11) is 0. The number of alkyl halides is 6. The predicted molar refractivity (Wildman–Crippen MR) is 318 cm³/mol. The molecule has 1 aliphatic heterocycles. The number of halogens is 6. The van der Waals surface area contributed by atoms with Crippen LogP contribution in [0, 0.1) is 17.8 Å². The van der Waals surface area contributed by atoms with Crippen molar-refractivity contribution in [2.75, 3.05) is 39.3 Å². The van der Waals surface area contributed by atoms with Crippen LogP contribution in [0.2, 0.25) is 0 Å². The smallest absolute Gasteiger partial charge is 0.475 e. The second-order valence-electron chi connectivity index (χ2n) is 23.8. The number of benzene rings is 2. The molecule has 2 heterocycles. The number of carboxylic acids is 2. The minimum Gasteiger partial charge on any atom is -0.475 e. The van der Waals surface area contributed by atoms with Gasteiger partial charge in [-0.3, -0.25) is 43.6 Å². The van der Waals surface area contributed by atoms with Crippen molar-refractivity contribution in [1.82, 2.24) is 36.1 Å². The third kappa shape index (κ3) is 28.9. The van der Waals surface area contributed by atoms with Crippen LogP contribution >= 0.6 is 0 Å². The van der Waals surface area contributed by atoms with Crippen molar-refractivity contribution in [1.29, 1.82) is 0 Å². The van der Waals surface area contributed by atoms with E-state index in [-0.39, 0.29) is 67.2 Å². The summed E-state index contributed by atoms with van der Waals surface area (Å²) in [5.74, 6) is -7.73. The lowest BCUT2D eigenvalue weighted by atomic mass is 9.91. The van der Waals surface area contributed by atoms with E-state index in [2.05, 4.69) is 36.1 Å². The minimum absolute atomic E-state index is 0.0155. The quantitative estimate of drug-likeness (QED) is 0.0207. The molecule has 89 heavy (non-hydrogen) atoms. The topological polar surface area (TPSA) is 315 Å². The molecule has 2 aliphatic rings. The number of carbonyl (C=O) groups excluding carboxylic acids is 6. The maximum Gasteiger partial charge on any atom is 0.490 e. The summed E-state index contributed by atoms with van der Waals surface area (Å²) in [4.78, 5) is 108. The van der Waals surface area contributed by atoms with Gasteiger partial charge < -0.3 is 52.4 Å². The van der Waals surface area contributed by atoms with Crippen molar-refractivity contribution in [2.45, 2.75) is 180 Å². The molecule has 2 aromatic carbocycles. The Labute approximate surface area is 516 Å². The Morgan fingerprint density at radius 1 is 0.685 bits per heavy atom. The summed E-state index contributed by atoms with van der Waals surface area (Å²) in [6.45, 7) is 16.8. The number of piperazine rings is 1. The maximum absolute atomic E-state index is 15.0. The van der Waals surface area contributed by atoms with Crippen LogP contribution in [-0.4, -0.2) is 160 Å². The summed E-state index contributed by atoms with van der Waals surface area (Å²) < 4.78 is 76.1. The molecule has 10 N–H and O–H groups in total. The molecule has 4 amide bonds. The Hall–Kier alpha value is -7.23. The number of amides is 4. The average molecular weight is 1270 g/mol. The second kappa shape index (κ2) is 37.1. The standard InChI is InChI=1S/C58H87N9O8.2C2HF3O2/c1-39(2)51(59)56(72)62-28-17-9-13-25-49(68)74-45(37-67-31-30-66(36-42-22-19-27-61-35-42)38-47(67)55(71)65-58(5,6)7)33-44(32-41-20-11-8-12-21-41)54(70)64-53-46-24-16-15-23-43(46)34-48(53)75-50(69)26-14-10-18-29-63-57(73)52(60)40(3)4;2*3-2(4,5)1(6)7/h8,11-12,15-16,19-24,27,35,39-40,44-45,47-48,51-53H,9-10,13-14,17-18,25-26,28-34,36-38,59-60H2,1-7H3,(H,62,72)(H,63,73)(H,64,70)(H,65,71);2*(H,6,7)/t44-,45-,47-,48+,51-,52-,53-;;/m0../s1. The number of fused-ring (bicyclic) bond motifs is 1. The lowest BCUT2D eigenvalue weighted by Gasteiger charge is -2.42. The number of pyridine rings is 1. The number of nitrogens with zero attached hydrogens (tertiary/aromatic N) is 3. The van der Waals surface area contributed by atoms with Crippen LogP contribution < -0.4 is 32.7 Å². The number of ether oxygens (including phenoxy) is 2. The van der Waals surface area contributed by atoms with Crippen LogP contribution in [0.25, 0.3) is 0 Å². The highest BCUT2D eigenvalue weighted by molar-refractivity contribution is 5.83. The number of aliphatic carboxylic acids is 2. The fourth-order valence-corrected chi connectivity index (χ4v) is 9.60. The number of carbonyl (C=O) groups is 8. The lowest BCUT2D eigenvalue weighted by Crippen LogP contribution is -2.62. The van der Waals surface area contributed by atoms with Gasteiger partial charge in [0.15, 0.2) is 0 Å². The number of unbranched alkanes of at least 4 members (excludes halogenated alkanes) is 4. The first kappa shape index (κ1) is 76.0. The molecule has 0 spiro atoms. The second-order valence-corrected chi connectivity index (χ2v) is 23.8. The third-order valence-electron chi connectivity index (χ3n) is 14.5. The Morgan fingerprint density at radius 3 is 1.73 bits per heavy atom. The molecule has 1 aromatic heterocycles. The number of hydrogen-bond acceptors (Lipinski definition) is 15. The van der Waals surface area contributed by atoms with Crippen LogP contribution in [0.3, 0.4) is 0 Å². The highest BCUT2D eigenvalue weighted by Gasteiger charge is 2.41. The number of hydrogen-bond donors (Lipinski definition) is 8. The average Bonchev–Trinajstić information content (AvgIpc) is 3.01. The highest BCUT2D eigenvalue weighted by Crippen LogP contribution is 2.35. The number of nitrogens with one attached hydrogen (secondary N) is 4. The Balaban J connectivity index is 0.00000132. The van der Waals surface area contributed by atoms with Crippen molar-refractivity contribution in [3.63, 3.8) is 0 Å².